The zero-order valence-corrected chi connectivity index (χ0v) is 13.2. The highest BCUT2D eigenvalue weighted by molar-refractivity contribution is 5.97. The lowest BCUT2D eigenvalue weighted by Gasteiger charge is -2.17. The number of oxazole rings is 1. The van der Waals surface area contributed by atoms with E-state index in [0.717, 1.165) is 5.56 Å². The van der Waals surface area contributed by atoms with Crippen molar-refractivity contribution in [3.8, 4) is 0 Å². The third-order valence-corrected chi connectivity index (χ3v) is 3.84. The molecule has 0 radical (unpaired) electrons. The fraction of sp³-hybridized carbons (Fsp3) is 0.222. The van der Waals surface area contributed by atoms with Crippen LogP contribution in [0.3, 0.4) is 0 Å². The fourth-order valence-corrected chi connectivity index (χ4v) is 2.64. The third kappa shape index (κ3) is 2.90. The summed E-state index contributed by atoms with van der Waals surface area (Å²) in [6.07, 6.45) is 0. The number of nitrogens with zero attached hydrogens (tertiary/aromatic N) is 2. The zero-order valence-electron chi connectivity index (χ0n) is 13.2. The van der Waals surface area contributed by atoms with Crippen LogP contribution in [-0.4, -0.2) is 22.4 Å². The van der Waals surface area contributed by atoms with Gasteiger partial charge in [0.05, 0.1) is 5.52 Å². The molecule has 2 aromatic carbocycles. The number of amides is 1. The molecular formula is C18H18N2O3. The Balaban J connectivity index is 1.90. The number of hydrogen-bond acceptors (Lipinski definition) is 3. The maximum atomic E-state index is 12.6. The maximum absolute atomic E-state index is 12.6. The predicted octanol–water partition coefficient (Wildman–Crippen LogP) is 2.89. The number of benzene rings is 2. The molecule has 3 rings (SSSR count). The molecule has 1 amide bonds. The summed E-state index contributed by atoms with van der Waals surface area (Å²) in [4.78, 5) is 26.0. The minimum atomic E-state index is -0.398. The van der Waals surface area contributed by atoms with Gasteiger partial charge < -0.3 is 9.32 Å². The van der Waals surface area contributed by atoms with Crippen molar-refractivity contribution in [2.24, 2.45) is 0 Å². The van der Waals surface area contributed by atoms with Crippen LogP contribution in [0.5, 0.6) is 0 Å². The number of carbonyl (C=O) groups is 1. The first kappa shape index (κ1) is 15.1. The van der Waals surface area contributed by atoms with E-state index >= 15 is 0 Å². The Hall–Kier alpha value is -2.82. The van der Waals surface area contributed by atoms with E-state index in [9.17, 15) is 9.59 Å². The second-order valence-electron chi connectivity index (χ2n) is 5.44. The summed E-state index contributed by atoms with van der Waals surface area (Å²) in [7, 11) is 1.77. The molecule has 23 heavy (non-hydrogen) atoms. The molecule has 3 aromatic rings. The summed E-state index contributed by atoms with van der Waals surface area (Å²) in [5, 5.41) is 0. The van der Waals surface area contributed by atoms with Crippen LogP contribution < -0.4 is 5.76 Å². The summed E-state index contributed by atoms with van der Waals surface area (Å²) >= 11 is 0. The van der Waals surface area contributed by atoms with Crippen molar-refractivity contribution in [1.29, 1.82) is 0 Å². The van der Waals surface area contributed by atoms with Gasteiger partial charge in [0.2, 0.25) is 0 Å². The Kier molecular flexibility index (Phi) is 4.02. The first-order chi connectivity index (χ1) is 11.1. The second kappa shape index (κ2) is 6.12. The normalized spacial score (nSPS) is 10.9. The highest BCUT2D eigenvalue weighted by Crippen LogP contribution is 2.17. The van der Waals surface area contributed by atoms with Crippen molar-refractivity contribution in [2.45, 2.75) is 20.0 Å². The molecular weight excluding hydrogens is 292 g/mol. The van der Waals surface area contributed by atoms with Gasteiger partial charge in [-0.1, -0.05) is 30.3 Å². The topological polar surface area (TPSA) is 55.5 Å². The number of fused-ring (bicyclic) bond motifs is 1. The summed E-state index contributed by atoms with van der Waals surface area (Å²) in [5.74, 6) is -0.489. The van der Waals surface area contributed by atoms with Crippen LogP contribution in [0.4, 0.5) is 0 Å². The van der Waals surface area contributed by atoms with Crippen molar-refractivity contribution in [3.05, 3.63) is 70.2 Å². The van der Waals surface area contributed by atoms with E-state index in [-0.39, 0.29) is 5.91 Å². The van der Waals surface area contributed by atoms with Gasteiger partial charge in [-0.25, -0.2) is 4.79 Å². The van der Waals surface area contributed by atoms with Gasteiger partial charge >= 0.3 is 5.76 Å². The lowest BCUT2D eigenvalue weighted by atomic mass is 10.1. The predicted molar refractivity (Wildman–Crippen MR) is 88.4 cm³/mol. The molecule has 0 fully saturated rings. The van der Waals surface area contributed by atoms with Crippen molar-refractivity contribution in [1.82, 2.24) is 9.47 Å². The van der Waals surface area contributed by atoms with E-state index in [4.69, 9.17) is 4.42 Å². The molecule has 0 atom stereocenters. The molecule has 5 nitrogen and oxygen atoms in total. The average Bonchev–Trinajstić information content (AvgIpc) is 2.89. The van der Waals surface area contributed by atoms with E-state index < -0.39 is 5.76 Å². The summed E-state index contributed by atoms with van der Waals surface area (Å²) in [5.41, 5.74) is 2.76. The first-order valence-corrected chi connectivity index (χ1v) is 7.53. The lowest BCUT2D eigenvalue weighted by molar-refractivity contribution is 0.0785. The number of rotatable bonds is 4. The molecule has 118 valence electrons. The van der Waals surface area contributed by atoms with Gasteiger partial charge in [0, 0.05) is 25.7 Å². The van der Waals surface area contributed by atoms with Crippen LogP contribution in [0.15, 0.2) is 57.7 Å². The van der Waals surface area contributed by atoms with Crippen LogP contribution in [0, 0.1) is 0 Å². The number of carbonyl (C=O) groups excluding carboxylic acids is 1. The first-order valence-electron chi connectivity index (χ1n) is 7.53. The molecule has 0 unspecified atom stereocenters. The standard InChI is InChI=1S/C18H18N2O3/c1-3-20-15-11-14(9-10-16(15)23-18(20)22)17(21)19(2)12-13-7-5-4-6-8-13/h4-11H,3,12H2,1-2H3. The molecule has 0 bridgehead atoms. The molecule has 0 N–H and O–H groups in total. The van der Waals surface area contributed by atoms with E-state index in [1.54, 1.807) is 30.1 Å². The van der Waals surface area contributed by atoms with Crippen molar-refractivity contribution in [3.63, 3.8) is 0 Å². The molecule has 0 saturated heterocycles. The average molecular weight is 310 g/mol. The number of aromatic nitrogens is 1. The van der Waals surface area contributed by atoms with Crippen LogP contribution in [0.1, 0.15) is 22.8 Å². The van der Waals surface area contributed by atoms with Gasteiger partial charge in [0.25, 0.3) is 5.91 Å². The van der Waals surface area contributed by atoms with Crippen molar-refractivity contribution < 1.29 is 9.21 Å². The van der Waals surface area contributed by atoms with E-state index in [0.29, 0.717) is 29.8 Å². The van der Waals surface area contributed by atoms with Gasteiger partial charge in [-0.15, -0.1) is 0 Å². The minimum absolute atomic E-state index is 0.0907. The second-order valence-corrected chi connectivity index (χ2v) is 5.44. The minimum Gasteiger partial charge on any atom is -0.408 e. The van der Waals surface area contributed by atoms with Crippen molar-refractivity contribution >= 4 is 17.0 Å². The third-order valence-electron chi connectivity index (χ3n) is 3.84. The molecule has 1 aromatic heterocycles. The summed E-state index contributed by atoms with van der Waals surface area (Å²) < 4.78 is 6.68. The van der Waals surface area contributed by atoms with E-state index in [1.807, 2.05) is 37.3 Å². The van der Waals surface area contributed by atoms with Gasteiger partial charge in [-0.2, -0.15) is 0 Å². The van der Waals surface area contributed by atoms with Crippen molar-refractivity contribution in [2.75, 3.05) is 7.05 Å². The molecule has 0 spiro atoms. The molecule has 5 heteroatoms. The largest absolute Gasteiger partial charge is 0.419 e. The van der Waals surface area contributed by atoms with E-state index in [2.05, 4.69) is 0 Å². The molecule has 0 saturated carbocycles. The summed E-state index contributed by atoms with van der Waals surface area (Å²) in [6, 6.07) is 14.9. The van der Waals surface area contributed by atoms with Gasteiger partial charge in [0.15, 0.2) is 5.58 Å². The van der Waals surface area contributed by atoms with Crippen LogP contribution in [0.2, 0.25) is 0 Å². The van der Waals surface area contributed by atoms with Gasteiger partial charge in [0.1, 0.15) is 0 Å². The van der Waals surface area contributed by atoms with Crippen LogP contribution in [-0.2, 0) is 13.1 Å². The summed E-state index contributed by atoms with van der Waals surface area (Å²) in [6.45, 7) is 2.90. The number of hydrogen-bond donors (Lipinski definition) is 0. The fourth-order valence-electron chi connectivity index (χ4n) is 2.64. The maximum Gasteiger partial charge on any atom is 0.419 e. The van der Waals surface area contributed by atoms with Gasteiger partial charge in [-0.3, -0.25) is 9.36 Å². The molecule has 0 aliphatic carbocycles. The Labute approximate surface area is 133 Å². The SMILES string of the molecule is CCn1c(=O)oc2ccc(C(=O)N(C)Cc3ccccc3)cc21. The Morgan fingerprint density at radius 3 is 2.61 bits per heavy atom. The van der Waals surface area contributed by atoms with Crippen LogP contribution in [0.25, 0.3) is 11.1 Å². The molecule has 0 aliphatic heterocycles. The van der Waals surface area contributed by atoms with E-state index in [1.165, 1.54) is 4.57 Å². The number of aryl methyl sites for hydroxylation is 1. The highest BCUT2D eigenvalue weighted by atomic mass is 16.4. The zero-order chi connectivity index (χ0) is 16.4. The lowest BCUT2D eigenvalue weighted by Crippen LogP contribution is -2.26. The molecule has 0 aliphatic rings. The molecule has 1 heterocycles. The highest BCUT2D eigenvalue weighted by Gasteiger charge is 2.15. The smallest absolute Gasteiger partial charge is 0.408 e. The van der Waals surface area contributed by atoms with Gasteiger partial charge in [-0.05, 0) is 30.7 Å². The Bertz CT molecular complexity index is 894. The Morgan fingerprint density at radius 2 is 1.91 bits per heavy atom. The quantitative estimate of drug-likeness (QED) is 0.744. The van der Waals surface area contributed by atoms with Crippen LogP contribution >= 0.6 is 0 Å². The monoisotopic (exact) mass is 310 g/mol. The Morgan fingerprint density at radius 1 is 1.17 bits per heavy atom.